The highest BCUT2D eigenvalue weighted by Crippen LogP contribution is 2.45. The number of unbranched alkanes of at least 4 members (excludes halogenated alkanes) is 8. The predicted molar refractivity (Wildman–Crippen MR) is 177 cm³/mol. The van der Waals surface area contributed by atoms with Gasteiger partial charge in [0.15, 0.2) is 0 Å². The van der Waals surface area contributed by atoms with Gasteiger partial charge in [0.05, 0.1) is 13.2 Å². The molecule has 0 aliphatic carbocycles. The van der Waals surface area contributed by atoms with Crippen molar-refractivity contribution in [1.82, 2.24) is 15.0 Å². The Hall–Kier alpha value is -0.690. The SMILES string of the molecule is CCCCCCCCCCCC(=O)N(C1CC(C)(C)N(OCCC)C(C)(C)C1)C1CC(C)(C)N(OCCC)C(C)(C)C1. The van der Waals surface area contributed by atoms with Gasteiger partial charge in [0.1, 0.15) is 0 Å². The third-order valence-corrected chi connectivity index (χ3v) is 9.56. The van der Waals surface area contributed by atoms with Gasteiger partial charge < -0.3 is 4.90 Å². The summed E-state index contributed by atoms with van der Waals surface area (Å²) in [7, 11) is 0. The molecule has 2 fully saturated rings. The Morgan fingerprint density at radius 2 is 0.905 bits per heavy atom. The molecule has 2 heterocycles. The summed E-state index contributed by atoms with van der Waals surface area (Å²) in [5.41, 5.74) is -0.635. The third-order valence-electron chi connectivity index (χ3n) is 9.56. The van der Waals surface area contributed by atoms with Crippen molar-refractivity contribution in [2.75, 3.05) is 13.2 Å². The summed E-state index contributed by atoms with van der Waals surface area (Å²) in [6.07, 6.45) is 17.8. The summed E-state index contributed by atoms with van der Waals surface area (Å²) in [6.45, 7) is 26.5. The molecule has 0 bridgehead atoms. The van der Waals surface area contributed by atoms with Gasteiger partial charge in [0.2, 0.25) is 5.91 Å². The largest absolute Gasteiger partial charge is 0.336 e. The van der Waals surface area contributed by atoms with Gasteiger partial charge >= 0.3 is 0 Å². The zero-order chi connectivity index (χ0) is 31.6. The number of hydroxylamine groups is 4. The van der Waals surface area contributed by atoms with Gasteiger partial charge in [-0.15, -0.1) is 0 Å². The minimum Gasteiger partial charge on any atom is -0.336 e. The Labute approximate surface area is 261 Å². The lowest BCUT2D eigenvalue weighted by molar-refractivity contribution is -0.297. The van der Waals surface area contributed by atoms with Crippen molar-refractivity contribution in [3.8, 4) is 0 Å². The minimum atomic E-state index is -0.159. The standard InChI is InChI=1S/C36H71N3O3/c1-12-15-16-17-18-19-20-21-22-23-32(40)37(30-26-33(4,5)38(41-24-13-2)34(6,7)27-30)31-28-35(8,9)39(42-25-14-3)36(10,11)29-31/h30-31H,12-29H2,1-11H3. The van der Waals surface area contributed by atoms with E-state index in [4.69, 9.17) is 9.68 Å². The lowest BCUT2D eigenvalue weighted by Crippen LogP contribution is -2.69. The zero-order valence-corrected chi connectivity index (χ0v) is 29.9. The highest BCUT2D eigenvalue weighted by atomic mass is 16.7. The molecule has 2 saturated heterocycles. The number of piperidine rings is 2. The first-order valence-corrected chi connectivity index (χ1v) is 17.8. The first-order chi connectivity index (χ1) is 19.6. The second-order valence-corrected chi connectivity index (χ2v) is 16.0. The number of rotatable bonds is 18. The van der Waals surface area contributed by atoms with E-state index in [-0.39, 0.29) is 34.2 Å². The Balaban J connectivity index is 2.24. The Kier molecular flexibility index (Phi) is 14.8. The molecule has 2 rings (SSSR count). The summed E-state index contributed by atoms with van der Waals surface area (Å²) >= 11 is 0. The molecule has 0 aromatic heterocycles. The molecule has 0 aromatic carbocycles. The molecule has 2 aliphatic heterocycles. The first-order valence-electron chi connectivity index (χ1n) is 17.8. The van der Waals surface area contributed by atoms with E-state index in [2.05, 4.69) is 91.2 Å². The van der Waals surface area contributed by atoms with Crippen molar-refractivity contribution < 1.29 is 14.5 Å². The van der Waals surface area contributed by atoms with Crippen LogP contribution < -0.4 is 0 Å². The highest BCUT2D eigenvalue weighted by Gasteiger charge is 2.53. The predicted octanol–water partition coefficient (Wildman–Crippen LogP) is 9.46. The second-order valence-electron chi connectivity index (χ2n) is 16.0. The van der Waals surface area contributed by atoms with Crippen LogP contribution in [-0.4, -0.2) is 68.4 Å². The summed E-state index contributed by atoms with van der Waals surface area (Å²) in [5.74, 6) is 0.358. The molecule has 0 radical (unpaired) electrons. The molecule has 2 aliphatic rings. The number of nitrogens with zero attached hydrogens (tertiary/aromatic N) is 3. The lowest BCUT2D eigenvalue weighted by atomic mass is 9.74. The van der Waals surface area contributed by atoms with Crippen LogP contribution in [0.3, 0.4) is 0 Å². The van der Waals surface area contributed by atoms with Gasteiger partial charge in [0.25, 0.3) is 0 Å². The van der Waals surface area contributed by atoms with Gasteiger partial charge in [-0.3, -0.25) is 14.5 Å². The van der Waals surface area contributed by atoms with E-state index in [1.54, 1.807) is 0 Å². The van der Waals surface area contributed by atoms with E-state index >= 15 is 0 Å². The van der Waals surface area contributed by atoms with Crippen molar-refractivity contribution in [3.63, 3.8) is 0 Å². The summed E-state index contributed by atoms with van der Waals surface area (Å²) in [6, 6.07) is 0.393. The molecule has 0 atom stereocenters. The summed E-state index contributed by atoms with van der Waals surface area (Å²) in [5, 5.41) is 4.50. The van der Waals surface area contributed by atoms with E-state index in [0.29, 0.717) is 12.3 Å². The fourth-order valence-corrected chi connectivity index (χ4v) is 8.30. The van der Waals surface area contributed by atoms with Crippen molar-refractivity contribution >= 4 is 5.91 Å². The molecular formula is C36H71N3O3. The molecule has 0 unspecified atom stereocenters. The van der Waals surface area contributed by atoms with Crippen LogP contribution in [0.25, 0.3) is 0 Å². The average molecular weight is 594 g/mol. The van der Waals surface area contributed by atoms with E-state index < -0.39 is 0 Å². The maximum absolute atomic E-state index is 14.3. The van der Waals surface area contributed by atoms with Crippen molar-refractivity contribution in [1.29, 1.82) is 0 Å². The molecular weight excluding hydrogens is 522 g/mol. The molecule has 6 heteroatoms. The van der Waals surface area contributed by atoms with E-state index in [9.17, 15) is 4.79 Å². The van der Waals surface area contributed by atoms with Crippen LogP contribution in [0.2, 0.25) is 0 Å². The number of carbonyl (C=O) groups is 1. The molecule has 0 spiro atoms. The fraction of sp³-hybridized carbons (Fsp3) is 0.972. The lowest BCUT2D eigenvalue weighted by Gasteiger charge is -2.59. The van der Waals surface area contributed by atoms with Crippen LogP contribution >= 0.6 is 0 Å². The van der Waals surface area contributed by atoms with Gasteiger partial charge in [-0.25, -0.2) is 0 Å². The second kappa shape index (κ2) is 16.6. The van der Waals surface area contributed by atoms with Crippen molar-refractivity contribution in [3.05, 3.63) is 0 Å². The number of carbonyl (C=O) groups excluding carboxylic acids is 1. The molecule has 0 saturated carbocycles. The zero-order valence-electron chi connectivity index (χ0n) is 29.9. The maximum atomic E-state index is 14.3. The monoisotopic (exact) mass is 594 g/mol. The van der Waals surface area contributed by atoms with Crippen molar-refractivity contribution in [2.24, 2.45) is 0 Å². The quantitative estimate of drug-likeness (QED) is 0.148. The Morgan fingerprint density at radius 3 is 1.24 bits per heavy atom. The first kappa shape index (κ1) is 37.5. The van der Waals surface area contributed by atoms with Crippen LogP contribution in [0, 0.1) is 0 Å². The Bertz CT molecular complexity index is 710. The van der Waals surface area contributed by atoms with Gasteiger partial charge in [-0.1, -0.05) is 72.1 Å². The number of amides is 1. The van der Waals surface area contributed by atoms with E-state index in [0.717, 1.165) is 64.6 Å². The minimum absolute atomic E-state index is 0.159. The summed E-state index contributed by atoms with van der Waals surface area (Å²) < 4.78 is 0. The van der Waals surface area contributed by atoms with Gasteiger partial charge in [0, 0.05) is 40.7 Å². The maximum Gasteiger partial charge on any atom is 0.223 e. The van der Waals surface area contributed by atoms with Crippen LogP contribution in [0.15, 0.2) is 0 Å². The molecule has 6 nitrogen and oxygen atoms in total. The fourth-order valence-electron chi connectivity index (χ4n) is 8.30. The topological polar surface area (TPSA) is 45.2 Å². The van der Waals surface area contributed by atoms with Crippen LogP contribution in [0.1, 0.15) is 179 Å². The van der Waals surface area contributed by atoms with Crippen LogP contribution in [0.5, 0.6) is 0 Å². The van der Waals surface area contributed by atoms with Gasteiger partial charge in [-0.05, 0) is 100 Å². The number of hydrogen-bond donors (Lipinski definition) is 0. The van der Waals surface area contributed by atoms with Crippen LogP contribution in [-0.2, 0) is 14.5 Å². The van der Waals surface area contributed by atoms with Crippen LogP contribution in [0.4, 0.5) is 0 Å². The molecule has 248 valence electrons. The van der Waals surface area contributed by atoms with Gasteiger partial charge in [-0.2, -0.15) is 10.1 Å². The molecule has 0 aromatic rings. The molecule has 42 heavy (non-hydrogen) atoms. The molecule has 1 amide bonds. The van der Waals surface area contributed by atoms with E-state index in [1.807, 2.05) is 0 Å². The average Bonchev–Trinajstić information content (AvgIpc) is 2.85. The Morgan fingerprint density at radius 1 is 0.571 bits per heavy atom. The number of hydrogen-bond acceptors (Lipinski definition) is 5. The normalized spacial score (nSPS) is 22.8. The molecule has 0 N–H and O–H groups in total. The highest BCUT2D eigenvalue weighted by molar-refractivity contribution is 5.77. The summed E-state index contributed by atoms with van der Waals surface area (Å²) in [4.78, 5) is 29.4. The smallest absolute Gasteiger partial charge is 0.223 e. The van der Waals surface area contributed by atoms with Crippen molar-refractivity contribution in [2.45, 2.75) is 213 Å². The third kappa shape index (κ3) is 10.4. The van der Waals surface area contributed by atoms with E-state index in [1.165, 1.54) is 44.9 Å².